The predicted molar refractivity (Wildman–Crippen MR) is 81.1 cm³/mol. The number of anilines is 1. The van der Waals surface area contributed by atoms with E-state index in [-0.39, 0.29) is 0 Å². The lowest BCUT2D eigenvalue weighted by Crippen LogP contribution is -2.45. The molecule has 1 N–H and O–H groups in total. The molecule has 2 atom stereocenters. The van der Waals surface area contributed by atoms with Gasteiger partial charge in [0, 0.05) is 25.3 Å². The average Bonchev–Trinajstić information content (AvgIpc) is 2.47. The maximum Gasteiger partial charge on any atom is 0.119 e. The number of methoxy groups -OCH3 is 1. The molecule has 0 saturated carbocycles. The predicted octanol–water partition coefficient (Wildman–Crippen LogP) is 2.91. The van der Waals surface area contributed by atoms with Crippen LogP contribution in [0.25, 0.3) is 0 Å². The summed E-state index contributed by atoms with van der Waals surface area (Å²) in [6.45, 7) is 4.54. The van der Waals surface area contributed by atoms with E-state index in [9.17, 15) is 0 Å². The van der Waals surface area contributed by atoms with Crippen molar-refractivity contribution < 1.29 is 4.74 Å². The third-order valence-electron chi connectivity index (χ3n) is 4.19. The number of piperidine rings is 1. The van der Waals surface area contributed by atoms with Gasteiger partial charge in [0.2, 0.25) is 0 Å². The SMILES string of the molecule is CCC1CCNC(CN(C)c2ccc(OC)cc2)C1. The Labute approximate surface area is 116 Å². The summed E-state index contributed by atoms with van der Waals surface area (Å²) >= 11 is 0. The van der Waals surface area contributed by atoms with Crippen molar-refractivity contribution in [2.24, 2.45) is 5.92 Å². The van der Waals surface area contributed by atoms with Gasteiger partial charge in [-0.2, -0.15) is 0 Å². The molecule has 0 aliphatic carbocycles. The highest BCUT2D eigenvalue weighted by atomic mass is 16.5. The average molecular weight is 262 g/mol. The highest BCUT2D eigenvalue weighted by Crippen LogP contribution is 2.22. The topological polar surface area (TPSA) is 24.5 Å². The molecule has 106 valence electrons. The van der Waals surface area contributed by atoms with Gasteiger partial charge < -0.3 is 15.0 Å². The lowest BCUT2D eigenvalue weighted by atomic mass is 9.90. The van der Waals surface area contributed by atoms with E-state index in [1.165, 1.54) is 31.5 Å². The van der Waals surface area contributed by atoms with E-state index in [2.05, 4.69) is 36.3 Å². The number of benzene rings is 1. The minimum Gasteiger partial charge on any atom is -0.497 e. The molecule has 2 rings (SSSR count). The highest BCUT2D eigenvalue weighted by molar-refractivity contribution is 5.48. The largest absolute Gasteiger partial charge is 0.497 e. The first-order valence-corrected chi connectivity index (χ1v) is 7.31. The Balaban J connectivity index is 1.90. The molecule has 19 heavy (non-hydrogen) atoms. The number of likely N-dealkylation sites (N-methyl/N-ethyl adjacent to an activating group) is 1. The van der Waals surface area contributed by atoms with Gasteiger partial charge in [-0.05, 0) is 49.6 Å². The minimum absolute atomic E-state index is 0.616. The van der Waals surface area contributed by atoms with Crippen molar-refractivity contribution in [3.05, 3.63) is 24.3 Å². The summed E-state index contributed by atoms with van der Waals surface area (Å²) < 4.78 is 5.20. The molecule has 1 saturated heterocycles. The maximum atomic E-state index is 5.20. The lowest BCUT2D eigenvalue weighted by molar-refractivity contribution is 0.297. The van der Waals surface area contributed by atoms with Crippen LogP contribution in [0, 0.1) is 5.92 Å². The third-order valence-corrected chi connectivity index (χ3v) is 4.19. The maximum absolute atomic E-state index is 5.20. The Bertz CT molecular complexity index is 377. The number of rotatable bonds is 5. The van der Waals surface area contributed by atoms with Gasteiger partial charge in [-0.3, -0.25) is 0 Å². The van der Waals surface area contributed by atoms with Gasteiger partial charge in [0.25, 0.3) is 0 Å². The van der Waals surface area contributed by atoms with Gasteiger partial charge in [-0.25, -0.2) is 0 Å². The van der Waals surface area contributed by atoms with Crippen molar-refractivity contribution in [2.75, 3.05) is 32.1 Å². The Morgan fingerprint density at radius 3 is 2.68 bits per heavy atom. The Hall–Kier alpha value is -1.22. The van der Waals surface area contributed by atoms with E-state index in [4.69, 9.17) is 4.74 Å². The van der Waals surface area contributed by atoms with Crippen molar-refractivity contribution in [1.82, 2.24) is 5.32 Å². The van der Waals surface area contributed by atoms with E-state index in [0.29, 0.717) is 6.04 Å². The summed E-state index contributed by atoms with van der Waals surface area (Å²) in [6.07, 6.45) is 3.95. The van der Waals surface area contributed by atoms with Crippen LogP contribution in [-0.4, -0.2) is 33.3 Å². The van der Waals surface area contributed by atoms with Crippen molar-refractivity contribution in [3.63, 3.8) is 0 Å². The quantitative estimate of drug-likeness (QED) is 0.883. The van der Waals surface area contributed by atoms with E-state index < -0.39 is 0 Å². The zero-order valence-corrected chi connectivity index (χ0v) is 12.4. The van der Waals surface area contributed by atoms with Crippen molar-refractivity contribution in [1.29, 1.82) is 0 Å². The Morgan fingerprint density at radius 1 is 1.32 bits per heavy atom. The number of ether oxygens (including phenoxy) is 1. The van der Waals surface area contributed by atoms with Gasteiger partial charge in [0.1, 0.15) is 5.75 Å². The number of nitrogens with zero attached hydrogens (tertiary/aromatic N) is 1. The summed E-state index contributed by atoms with van der Waals surface area (Å²) in [5, 5.41) is 3.64. The van der Waals surface area contributed by atoms with Crippen molar-refractivity contribution >= 4 is 5.69 Å². The van der Waals surface area contributed by atoms with Crippen LogP contribution in [0.3, 0.4) is 0 Å². The van der Waals surface area contributed by atoms with Crippen LogP contribution in [0.1, 0.15) is 26.2 Å². The zero-order valence-electron chi connectivity index (χ0n) is 12.4. The van der Waals surface area contributed by atoms with Gasteiger partial charge in [0.05, 0.1) is 7.11 Å². The van der Waals surface area contributed by atoms with Crippen LogP contribution < -0.4 is 15.0 Å². The number of nitrogens with one attached hydrogen (secondary N) is 1. The van der Waals surface area contributed by atoms with Gasteiger partial charge in [-0.15, -0.1) is 0 Å². The van der Waals surface area contributed by atoms with E-state index in [0.717, 1.165) is 18.2 Å². The summed E-state index contributed by atoms with van der Waals surface area (Å²) in [7, 11) is 3.87. The second-order valence-corrected chi connectivity index (χ2v) is 5.53. The van der Waals surface area contributed by atoms with Crippen LogP contribution in [0.5, 0.6) is 5.75 Å². The molecule has 1 heterocycles. The van der Waals surface area contributed by atoms with Crippen LogP contribution in [-0.2, 0) is 0 Å². The summed E-state index contributed by atoms with van der Waals surface area (Å²) in [5.41, 5.74) is 1.25. The first-order valence-electron chi connectivity index (χ1n) is 7.31. The first kappa shape index (κ1) is 14.2. The molecular formula is C16H26N2O. The third kappa shape index (κ3) is 3.87. The molecule has 0 aromatic heterocycles. The summed E-state index contributed by atoms with van der Waals surface area (Å²) in [6, 6.07) is 8.91. The highest BCUT2D eigenvalue weighted by Gasteiger charge is 2.21. The van der Waals surface area contributed by atoms with E-state index in [1.807, 2.05) is 12.1 Å². The fourth-order valence-corrected chi connectivity index (χ4v) is 2.88. The molecule has 1 aromatic carbocycles. The zero-order chi connectivity index (χ0) is 13.7. The molecule has 1 aliphatic rings. The molecule has 1 aliphatic heterocycles. The van der Waals surface area contributed by atoms with Crippen LogP contribution >= 0.6 is 0 Å². The molecule has 3 nitrogen and oxygen atoms in total. The fourth-order valence-electron chi connectivity index (χ4n) is 2.88. The molecular weight excluding hydrogens is 236 g/mol. The van der Waals surface area contributed by atoms with E-state index in [1.54, 1.807) is 7.11 Å². The van der Waals surface area contributed by atoms with Gasteiger partial charge in [-0.1, -0.05) is 13.3 Å². The molecule has 0 spiro atoms. The molecule has 0 radical (unpaired) electrons. The summed E-state index contributed by atoms with van der Waals surface area (Å²) in [4.78, 5) is 2.33. The van der Waals surface area contributed by atoms with Crippen LogP contribution in [0.2, 0.25) is 0 Å². The molecule has 1 fully saturated rings. The van der Waals surface area contributed by atoms with Gasteiger partial charge in [0.15, 0.2) is 0 Å². The Kier molecular flexibility index (Phi) is 5.08. The monoisotopic (exact) mass is 262 g/mol. The molecule has 3 heteroatoms. The fraction of sp³-hybridized carbons (Fsp3) is 0.625. The first-order chi connectivity index (χ1) is 9.22. The number of hydrogen-bond acceptors (Lipinski definition) is 3. The molecule has 1 aromatic rings. The van der Waals surface area contributed by atoms with Crippen LogP contribution in [0.4, 0.5) is 5.69 Å². The van der Waals surface area contributed by atoms with Crippen molar-refractivity contribution in [2.45, 2.75) is 32.2 Å². The number of hydrogen-bond donors (Lipinski definition) is 1. The molecule has 2 unspecified atom stereocenters. The van der Waals surface area contributed by atoms with Crippen LogP contribution in [0.15, 0.2) is 24.3 Å². The minimum atomic E-state index is 0.616. The normalized spacial score (nSPS) is 23.1. The molecule has 0 bridgehead atoms. The smallest absolute Gasteiger partial charge is 0.119 e. The second-order valence-electron chi connectivity index (χ2n) is 5.53. The standard InChI is InChI=1S/C16H26N2O/c1-4-13-9-10-17-14(11-13)12-18(2)15-5-7-16(19-3)8-6-15/h5-8,13-14,17H,4,9-12H2,1-3H3. The Morgan fingerprint density at radius 2 is 2.05 bits per heavy atom. The van der Waals surface area contributed by atoms with Gasteiger partial charge >= 0.3 is 0 Å². The molecule has 0 amide bonds. The van der Waals surface area contributed by atoms with Crippen molar-refractivity contribution in [3.8, 4) is 5.75 Å². The van der Waals surface area contributed by atoms with E-state index >= 15 is 0 Å². The lowest BCUT2D eigenvalue weighted by Gasteiger charge is -2.33. The second kappa shape index (κ2) is 6.80. The summed E-state index contributed by atoms with van der Waals surface area (Å²) in [5.74, 6) is 1.81.